The number of carbonyl (C=O) groups is 1. The van der Waals surface area contributed by atoms with Gasteiger partial charge in [0.1, 0.15) is 5.75 Å². The van der Waals surface area contributed by atoms with Gasteiger partial charge in [-0.3, -0.25) is 4.79 Å². The van der Waals surface area contributed by atoms with E-state index in [9.17, 15) is 4.79 Å². The number of carbonyl (C=O) groups excluding carboxylic acids is 1. The van der Waals surface area contributed by atoms with Crippen LogP contribution in [0.2, 0.25) is 0 Å². The molecule has 0 aliphatic heterocycles. The Kier molecular flexibility index (Phi) is 7.14. The molecule has 0 spiro atoms. The number of benzene rings is 1. The van der Waals surface area contributed by atoms with Crippen molar-refractivity contribution in [2.24, 2.45) is 5.73 Å². The first-order chi connectivity index (χ1) is 9.97. The molecule has 0 aromatic heterocycles. The van der Waals surface area contributed by atoms with Crippen LogP contribution < -0.4 is 15.8 Å². The van der Waals surface area contributed by atoms with E-state index in [0.29, 0.717) is 24.5 Å². The lowest BCUT2D eigenvalue weighted by molar-refractivity contribution is -0.117. The van der Waals surface area contributed by atoms with Crippen LogP contribution in [0.4, 0.5) is 5.69 Å². The van der Waals surface area contributed by atoms with Gasteiger partial charge in [-0.1, -0.05) is 6.07 Å². The number of ether oxygens (including phenoxy) is 2. The molecule has 1 aromatic carbocycles. The Morgan fingerprint density at radius 1 is 1.38 bits per heavy atom. The Balaban J connectivity index is 2.81. The van der Waals surface area contributed by atoms with Gasteiger partial charge in [0.2, 0.25) is 5.91 Å². The number of hydrogen-bond donors (Lipinski definition) is 2. The first-order valence-corrected chi connectivity index (χ1v) is 6.85. The van der Waals surface area contributed by atoms with Gasteiger partial charge in [0.25, 0.3) is 0 Å². The zero-order valence-corrected chi connectivity index (χ0v) is 13.2. The Hall–Kier alpha value is -1.63. The minimum absolute atomic E-state index is 0.243. The summed E-state index contributed by atoms with van der Waals surface area (Å²) in [6.07, 6.45) is 0.474. The van der Waals surface area contributed by atoms with Crippen molar-refractivity contribution in [2.45, 2.75) is 19.0 Å². The second-order valence-electron chi connectivity index (χ2n) is 5.15. The van der Waals surface area contributed by atoms with Crippen molar-refractivity contribution in [3.63, 3.8) is 0 Å². The topological polar surface area (TPSA) is 76.8 Å². The third-order valence-electron chi connectivity index (χ3n) is 2.99. The van der Waals surface area contributed by atoms with Crippen LogP contribution in [-0.4, -0.2) is 51.8 Å². The summed E-state index contributed by atoms with van der Waals surface area (Å²) in [6.45, 7) is 1.23. The fourth-order valence-electron chi connectivity index (χ4n) is 1.92. The number of anilines is 1. The standard InChI is InChI=1S/C15H25N3O3/c1-18(2)10-11-5-6-14(21-4)13(9-11)17-15(19)12(16)7-8-20-3/h5-6,9,12H,7-8,10,16H2,1-4H3,(H,17,19). The molecule has 0 radical (unpaired) electrons. The highest BCUT2D eigenvalue weighted by Gasteiger charge is 2.15. The van der Waals surface area contributed by atoms with Crippen LogP contribution in [0.5, 0.6) is 5.75 Å². The van der Waals surface area contributed by atoms with E-state index >= 15 is 0 Å². The molecule has 1 amide bonds. The Labute approximate surface area is 126 Å². The monoisotopic (exact) mass is 295 g/mol. The van der Waals surface area contributed by atoms with Crippen LogP contribution in [0.25, 0.3) is 0 Å². The van der Waals surface area contributed by atoms with Crippen LogP contribution in [-0.2, 0) is 16.1 Å². The number of rotatable bonds is 8. The predicted octanol–water partition coefficient (Wildman–Crippen LogP) is 1.06. The molecular weight excluding hydrogens is 270 g/mol. The average Bonchev–Trinajstić information content (AvgIpc) is 2.44. The lowest BCUT2D eigenvalue weighted by Crippen LogP contribution is -2.36. The molecule has 0 saturated carbocycles. The Morgan fingerprint density at radius 3 is 2.67 bits per heavy atom. The Morgan fingerprint density at radius 2 is 2.10 bits per heavy atom. The second kappa shape index (κ2) is 8.61. The van der Waals surface area contributed by atoms with Crippen LogP contribution in [0, 0.1) is 0 Å². The van der Waals surface area contributed by atoms with E-state index in [0.717, 1.165) is 12.1 Å². The third-order valence-corrected chi connectivity index (χ3v) is 2.99. The molecule has 0 bridgehead atoms. The molecule has 21 heavy (non-hydrogen) atoms. The maximum absolute atomic E-state index is 12.1. The highest BCUT2D eigenvalue weighted by atomic mass is 16.5. The molecule has 118 valence electrons. The largest absolute Gasteiger partial charge is 0.495 e. The molecule has 6 heteroatoms. The lowest BCUT2D eigenvalue weighted by Gasteiger charge is -2.16. The predicted molar refractivity (Wildman–Crippen MR) is 83.5 cm³/mol. The smallest absolute Gasteiger partial charge is 0.241 e. The molecular formula is C15H25N3O3. The van der Waals surface area contributed by atoms with Crippen LogP contribution in [0.3, 0.4) is 0 Å². The zero-order valence-electron chi connectivity index (χ0n) is 13.2. The van der Waals surface area contributed by atoms with Gasteiger partial charge < -0.3 is 25.4 Å². The number of amides is 1. The van der Waals surface area contributed by atoms with Gasteiger partial charge in [-0.2, -0.15) is 0 Å². The fraction of sp³-hybridized carbons (Fsp3) is 0.533. The number of methoxy groups -OCH3 is 2. The first kappa shape index (κ1) is 17.4. The zero-order chi connectivity index (χ0) is 15.8. The summed E-state index contributed by atoms with van der Waals surface area (Å²) in [6, 6.07) is 5.11. The van der Waals surface area contributed by atoms with Crippen LogP contribution >= 0.6 is 0 Å². The fourth-order valence-corrected chi connectivity index (χ4v) is 1.92. The van der Waals surface area contributed by atoms with E-state index in [1.165, 1.54) is 0 Å². The molecule has 1 aromatic rings. The SMILES string of the molecule is COCCC(N)C(=O)Nc1cc(CN(C)C)ccc1OC. The molecule has 3 N–H and O–H groups in total. The second-order valence-corrected chi connectivity index (χ2v) is 5.15. The summed E-state index contributed by atoms with van der Waals surface area (Å²) < 4.78 is 10.2. The van der Waals surface area contributed by atoms with Crippen molar-refractivity contribution in [1.82, 2.24) is 4.90 Å². The molecule has 6 nitrogen and oxygen atoms in total. The van der Waals surface area contributed by atoms with E-state index in [1.54, 1.807) is 14.2 Å². The minimum Gasteiger partial charge on any atom is -0.495 e. The van der Waals surface area contributed by atoms with Crippen LogP contribution in [0.1, 0.15) is 12.0 Å². The van der Waals surface area contributed by atoms with Gasteiger partial charge in [0, 0.05) is 20.3 Å². The summed E-state index contributed by atoms with van der Waals surface area (Å²) >= 11 is 0. The van der Waals surface area contributed by atoms with E-state index in [4.69, 9.17) is 15.2 Å². The first-order valence-electron chi connectivity index (χ1n) is 6.85. The van der Waals surface area contributed by atoms with Crippen molar-refractivity contribution < 1.29 is 14.3 Å². The molecule has 0 fully saturated rings. The van der Waals surface area contributed by atoms with E-state index in [1.807, 2.05) is 32.3 Å². The van der Waals surface area contributed by atoms with Crippen molar-refractivity contribution in [1.29, 1.82) is 0 Å². The van der Waals surface area contributed by atoms with Gasteiger partial charge in [-0.15, -0.1) is 0 Å². The summed E-state index contributed by atoms with van der Waals surface area (Å²) in [5, 5.41) is 2.82. The molecule has 0 aliphatic carbocycles. The van der Waals surface area contributed by atoms with Gasteiger partial charge in [-0.05, 0) is 38.2 Å². The number of nitrogens with one attached hydrogen (secondary N) is 1. The molecule has 1 atom stereocenters. The molecule has 1 rings (SSSR count). The molecule has 0 heterocycles. The van der Waals surface area contributed by atoms with Gasteiger partial charge in [-0.25, -0.2) is 0 Å². The number of hydrogen-bond acceptors (Lipinski definition) is 5. The third kappa shape index (κ3) is 5.71. The lowest BCUT2D eigenvalue weighted by atomic mass is 10.1. The Bertz CT molecular complexity index is 463. The highest BCUT2D eigenvalue weighted by Crippen LogP contribution is 2.26. The van der Waals surface area contributed by atoms with Gasteiger partial charge in [0.05, 0.1) is 18.8 Å². The maximum Gasteiger partial charge on any atom is 0.241 e. The average molecular weight is 295 g/mol. The van der Waals surface area contributed by atoms with Crippen molar-refractivity contribution in [3.8, 4) is 5.75 Å². The van der Waals surface area contributed by atoms with Gasteiger partial charge >= 0.3 is 0 Å². The maximum atomic E-state index is 12.1. The van der Waals surface area contributed by atoms with Crippen molar-refractivity contribution >= 4 is 11.6 Å². The number of nitrogens with two attached hydrogens (primary N) is 1. The normalized spacial score (nSPS) is 12.3. The number of nitrogens with zero attached hydrogens (tertiary/aromatic N) is 1. The van der Waals surface area contributed by atoms with E-state index in [2.05, 4.69) is 10.2 Å². The van der Waals surface area contributed by atoms with E-state index < -0.39 is 6.04 Å². The van der Waals surface area contributed by atoms with Crippen molar-refractivity contribution in [3.05, 3.63) is 23.8 Å². The quantitative estimate of drug-likeness (QED) is 0.750. The summed E-state index contributed by atoms with van der Waals surface area (Å²) in [5.41, 5.74) is 7.54. The van der Waals surface area contributed by atoms with Crippen LogP contribution in [0.15, 0.2) is 18.2 Å². The van der Waals surface area contributed by atoms with Gasteiger partial charge in [0.15, 0.2) is 0 Å². The summed E-state index contributed by atoms with van der Waals surface area (Å²) in [5.74, 6) is 0.372. The van der Waals surface area contributed by atoms with E-state index in [-0.39, 0.29) is 5.91 Å². The summed E-state index contributed by atoms with van der Waals surface area (Å²) in [7, 11) is 7.13. The summed E-state index contributed by atoms with van der Waals surface area (Å²) in [4.78, 5) is 14.1. The molecule has 0 saturated heterocycles. The van der Waals surface area contributed by atoms with Crippen molar-refractivity contribution in [2.75, 3.05) is 40.2 Å². The molecule has 1 unspecified atom stereocenters. The minimum atomic E-state index is -0.604. The highest BCUT2D eigenvalue weighted by molar-refractivity contribution is 5.96. The molecule has 0 aliphatic rings.